The Morgan fingerprint density at radius 1 is 1.22 bits per heavy atom. The highest BCUT2D eigenvalue weighted by atomic mass is 16.1. The Morgan fingerprint density at radius 3 is 2.44 bits per heavy atom. The van der Waals surface area contributed by atoms with Crippen LogP contribution in [0.15, 0.2) is 24.3 Å². The average molecular weight is 246 g/mol. The van der Waals surface area contributed by atoms with Gasteiger partial charge in [-0.15, -0.1) is 0 Å². The Kier molecular flexibility index (Phi) is 4.24. The number of benzene rings is 1. The molecule has 0 bridgehead atoms. The maximum Gasteiger partial charge on any atom is 0.224 e. The molecule has 3 heteroatoms. The van der Waals surface area contributed by atoms with Crippen molar-refractivity contribution >= 4 is 11.6 Å². The summed E-state index contributed by atoms with van der Waals surface area (Å²) < 4.78 is 0. The van der Waals surface area contributed by atoms with E-state index in [2.05, 4.69) is 12.2 Å². The molecular formula is C15H22N2O. The molecule has 0 aliphatic heterocycles. The third kappa shape index (κ3) is 3.76. The highest BCUT2D eigenvalue weighted by Crippen LogP contribution is 2.23. The molecule has 1 saturated carbocycles. The van der Waals surface area contributed by atoms with Gasteiger partial charge in [0.05, 0.1) is 6.42 Å². The molecule has 18 heavy (non-hydrogen) atoms. The van der Waals surface area contributed by atoms with Crippen LogP contribution in [0.4, 0.5) is 5.69 Å². The van der Waals surface area contributed by atoms with Crippen molar-refractivity contribution in [2.24, 2.45) is 5.92 Å². The number of rotatable bonds is 3. The van der Waals surface area contributed by atoms with Gasteiger partial charge in [0, 0.05) is 11.7 Å². The van der Waals surface area contributed by atoms with E-state index >= 15 is 0 Å². The van der Waals surface area contributed by atoms with Crippen LogP contribution < -0.4 is 11.1 Å². The first kappa shape index (κ1) is 12.9. The standard InChI is InChI=1S/C15H22N2O/c1-11-2-8-14(9-3-11)17-15(18)10-12-4-6-13(16)7-5-12/h4-7,11,14H,2-3,8-10,16H2,1H3,(H,17,18). The molecule has 2 rings (SSSR count). The largest absolute Gasteiger partial charge is 0.399 e. The van der Waals surface area contributed by atoms with E-state index in [4.69, 9.17) is 5.73 Å². The van der Waals surface area contributed by atoms with Gasteiger partial charge in [0.1, 0.15) is 0 Å². The number of amides is 1. The van der Waals surface area contributed by atoms with Crippen molar-refractivity contribution < 1.29 is 4.79 Å². The van der Waals surface area contributed by atoms with Gasteiger partial charge in [0.15, 0.2) is 0 Å². The van der Waals surface area contributed by atoms with Crippen molar-refractivity contribution in [3.8, 4) is 0 Å². The molecule has 0 atom stereocenters. The minimum atomic E-state index is 0.124. The Labute approximate surface area is 109 Å². The predicted molar refractivity (Wildman–Crippen MR) is 74.1 cm³/mol. The Hall–Kier alpha value is -1.51. The molecule has 1 fully saturated rings. The second-order valence-corrected chi connectivity index (χ2v) is 5.44. The number of carbonyl (C=O) groups is 1. The summed E-state index contributed by atoms with van der Waals surface area (Å²) >= 11 is 0. The molecule has 0 heterocycles. The molecule has 0 saturated heterocycles. The van der Waals surface area contributed by atoms with Crippen LogP contribution in [0, 0.1) is 5.92 Å². The van der Waals surface area contributed by atoms with Gasteiger partial charge in [-0.05, 0) is 49.3 Å². The van der Waals surface area contributed by atoms with Crippen LogP contribution in [0.1, 0.15) is 38.2 Å². The lowest BCUT2D eigenvalue weighted by atomic mass is 9.87. The van der Waals surface area contributed by atoms with Gasteiger partial charge in [-0.2, -0.15) is 0 Å². The second kappa shape index (κ2) is 5.89. The van der Waals surface area contributed by atoms with Crippen LogP contribution in [0.5, 0.6) is 0 Å². The highest BCUT2D eigenvalue weighted by Gasteiger charge is 2.19. The summed E-state index contributed by atoms with van der Waals surface area (Å²) in [5.41, 5.74) is 7.38. The van der Waals surface area contributed by atoms with Gasteiger partial charge in [0.2, 0.25) is 5.91 Å². The predicted octanol–water partition coefficient (Wildman–Crippen LogP) is 2.51. The van der Waals surface area contributed by atoms with Crippen LogP contribution in [0.2, 0.25) is 0 Å². The zero-order valence-electron chi connectivity index (χ0n) is 11.0. The van der Waals surface area contributed by atoms with Crippen molar-refractivity contribution in [3.05, 3.63) is 29.8 Å². The van der Waals surface area contributed by atoms with Crippen LogP contribution in [0.25, 0.3) is 0 Å². The van der Waals surface area contributed by atoms with Crippen molar-refractivity contribution in [2.75, 3.05) is 5.73 Å². The lowest BCUT2D eigenvalue weighted by molar-refractivity contribution is -0.121. The molecule has 3 nitrogen and oxygen atoms in total. The van der Waals surface area contributed by atoms with Crippen LogP contribution in [-0.4, -0.2) is 11.9 Å². The summed E-state index contributed by atoms with van der Waals surface area (Å²) in [5, 5.41) is 3.13. The van der Waals surface area contributed by atoms with Gasteiger partial charge in [-0.1, -0.05) is 19.1 Å². The molecule has 0 unspecified atom stereocenters. The first-order valence-electron chi connectivity index (χ1n) is 6.77. The molecule has 1 aromatic rings. The van der Waals surface area contributed by atoms with E-state index in [0.717, 1.165) is 30.0 Å². The second-order valence-electron chi connectivity index (χ2n) is 5.44. The summed E-state index contributed by atoms with van der Waals surface area (Å²) in [6.45, 7) is 2.28. The van der Waals surface area contributed by atoms with Gasteiger partial charge in [-0.3, -0.25) is 4.79 Å². The van der Waals surface area contributed by atoms with Crippen molar-refractivity contribution in [1.29, 1.82) is 0 Å². The van der Waals surface area contributed by atoms with Gasteiger partial charge >= 0.3 is 0 Å². The Balaban J connectivity index is 1.80. The zero-order chi connectivity index (χ0) is 13.0. The van der Waals surface area contributed by atoms with E-state index in [9.17, 15) is 4.79 Å². The normalized spacial score (nSPS) is 23.6. The number of hydrogen-bond donors (Lipinski definition) is 2. The number of nitrogens with two attached hydrogens (primary N) is 1. The van der Waals surface area contributed by atoms with Crippen molar-refractivity contribution in [2.45, 2.75) is 45.1 Å². The average Bonchev–Trinajstić information content (AvgIpc) is 2.35. The van der Waals surface area contributed by atoms with Crippen LogP contribution in [0.3, 0.4) is 0 Å². The van der Waals surface area contributed by atoms with Crippen LogP contribution >= 0.6 is 0 Å². The summed E-state index contributed by atoms with van der Waals surface area (Å²) in [5.74, 6) is 0.939. The summed E-state index contributed by atoms with van der Waals surface area (Å²) in [4.78, 5) is 11.9. The third-order valence-corrected chi connectivity index (χ3v) is 3.73. The summed E-state index contributed by atoms with van der Waals surface area (Å²) in [7, 11) is 0. The molecule has 0 aromatic heterocycles. The maximum atomic E-state index is 11.9. The molecule has 3 N–H and O–H groups in total. The van der Waals surface area contributed by atoms with Crippen molar-refractivity contribution in [3.63, 3.8) is 0 Å². The quantitative estimate of drug-likeness (QED) is 0.805. The lowest BCUT2D eigenvalue weighted by Gasteiger charge is -2.26. The zero-order valence-corrected chi connectivity index (χ0v) is 11.0. The molecule has 1 aliphatic rings. The van der Waals surface area contributed by atoms with E-state index in [1.807, 2.05) is 24.3 Å². The number of carbonyl (C=O) groups excluding carboxylic acids is 1. The molecule has 0 radical (unpaired) electrons. The molecule has 1 amide bonds. The highest BCUT2D eigenvalue weighted by molar-refractivity contribution is 5.79. The van der Waals surface area contributed by atoms with Gasteiger partial charge < -0.3 is 11.1 Å². The topological polar surface area (TPSA) is 55.1 Å². The first-order chi connectivity index (χ1) is 8.63. The third-order valence-electron chi connectivity index (χ3n) is 3.73. The van der Waals surface area contributed by atoms with Gasteiger partial charge in [0.25, 0.3) is 0 Å². The van der Waals surface area contributed by atoms with Crippen LogP contribution in [-0.2, 0) is 11.2 Å². The van der Waals surface area contributed by atoms with E-state index < -0.39 is 0 Å². The monoisotopic (exact) mass is 246 g/mol. The van der Waals surface area contributed by atoms with E-state index in [1.165, 1.54) is 12.8 Å². The Morgan fingerprint density at radius 2 is 1.83 bits per heavy atom. The number of anilines is 1. The fourth-order valence-electron chi connectivity index (χ4n) is 2.50. The van der Waals surface area contributed by atoms with E-state index in [-0.39, 0.29) is 5.91 Å². The number of hydrogen-bond acceptors (Lipinski definition) is 2. The molecule has 1 aromatic carbocycles. The summed E-state index contributed by atoms with van der Waals surface area (Å²) in [6.07, 6.45) is 5.15. The smallest absolute Gasteiger partial charge is 0.224 e. The van der Waals surface area contributed by atoms with E-state index in [1.54, 1.807) is 0 Å². The van der Waals surface area contributed by atoms with Crippen molar-refractivity contribution in [1.82, 2.24) is 5.32 Å². The summed E-state index contributed by atoms with van der Waals surface area (Å²) in [6, 6.07) is 7.88. The molecule has 0 spiro atoms. The first-order valence-corrected chi connectivity index (χ1v) is 6.77. The lowest BCUT2D eigenvalue weighted by Crippen LogP contribution is -2.38. The van der Waals surface area contributed by atoms with Gasteiger partial charge in [-0.25, -0.2) is 0 Å². The molecular weight excluding hydrogens is 224 g/mol. The SMILES string of the molecule is CC1CCC(NC(=O)Cc2ccc(N)cc2)CC1. The fraction of sp³-hybridized carbons (Fsp3) is 0.533. The number of nitrogens with one attached hydrogen (secondary N) is 1. The number of nitrogen functional groups attached to an aromatic ring is 1. The molecule has 1 aliphatic carbocycles. The minimum absolute atomic E-state index is 0.124. The minimum Gasteiger partial charge on any atom is -0.399 e. The fourth-order valence-corrected chi connectivity index (χ4v) is 2.50. The molecule has 98 valence electrons. The Bertz CT molecular complexity index is 391. The van der Waals surface area contributed by atoms with E-state index in [0.29, 0.717) is 12.5 Å². The maximum absolute atomic E-state index is 11.9.